The number of carbonyl (C=O) groups is 1. The summed E-state index contributed by atoms with van der Waals surface area (Å²) in [6.07, 6.45) is 1.71. The van der Waals surface area contributed by atoms with Crippen LogP contribution in [0, 0.1) is 0 Å². The molecular weight excluding hydrogens is 354 g/mol. The van der Waals surface area contributed by atoms with Crippen LogP contribution in [0.15, 0.2) is 63.2 Å². The zero-order valence-corrected chi connectivity index (χ0v) is 14.9. The van der Waals surface area contributed by atoms with Gasteiger partial charge in [-0.15, -0.1) is 4.57 Å². The Balaban J connectivity index is 1.74. The zero-order chi connectivity index (χ0) is 17.4. The molecule has 1 aromatic heterocycles. The summed E-state index contributed by atoms with van der Waals surface area (Å²) in [6, 6.07) is 15.1. The number of nitrogens with zero attached hydrogens (tertiary/aromatic N) is 1. The van der Waals surface area contributed by atoms with E-state index >= 15 is 0 Å². The molecule has 0 saturated heterocycles. The van der Waals surface area contributed by atoms with Crippen molar-refractivity contribution in [3.8, 4) is 22.8 Å². The predicted molar refractivity (Wildman–Crippen MR) is 99.1 cm³/mol. The van der Waals surface area contributed by atoms with Gasteiger partial charge in [-0.1, -0.05) is 41.7 Å². The van der Waals surface area contributed by atoms with Crippen LogP contribution in [-0.4, -0.2) is 18.1 Å². The van der Waals surface area contributed by atoms with Crippen molar-refractivity contribution in [2.75, 3.05) is 7.11 Å². The third-order valence-electron chi connectivity index (χ3n) is 3.91. The van der Waals surface area contributed by atoms with Crippen molar-refractivity contribution in [3.05, 3.63) is 64.4 Å². The molecule has 0 unspecified atom stereocenters. The first-order chi connectivity index (χ1) is 12.2. The zero-order valence-electron chi connectivity index (χ0n) is 13.3. The van der Waals surface area contributed by atoms with Gasteiger partial charge in [0.15, 0.2) is 11.5 Å². The van der Waals surface area contributed by atoms with Crippen molar-refractivity contribution in [2.45, 2.75) is 4.34 Å². The highest BCUT2D eigenvalue weighted by Gasteiger charge is 2.40. The lowest BCUT2D eigenvalue weighted by Crippen LogP contribution is -2.40. The Kier molecular flexibility index (Phi) is 4.07. The first kappa shape index (κ1) is 15.9. The van der Waals surface area contributed by atoms with Crippen molar-refractivity contribution in [1.29, 1.82) is 0 Å². The highest BCUT2D eigenvalue weighted by molar-refractivity contribution is 8.05. The first-order valence-electron chi connectivity index (χ1n) is 7.58. The lowest BCUT2D eigenvalue weighted by molar-refractivity contribution is -0.588. The van der Waals surface area contributed by atoms with E-state index in [1.165, 1.54) is 18.9 Å². The summed E-state index contributed by atoms with van der Waals surface area (Å²) in [7, 11) is 1.50. The van der Waals surface area contributed by atoms with Crippen LogP contribution in [0.5, 0.6) is 11.5 Å². The third-order valence-corrected chi connectivity index (χ3v) is 6.05. The Labute approximate surface area is 153 Å². The van der Waals surface area contributed by atoms with Crippen LogP contribution in [0.25, 0.3) is 17.3 Å². The molecule has 1 aliphatic rings. The van der Waals surface area contributed by atoms with E-state index in [0.717, 1.165) is 15.6 Å². The van der Waals surface area contributed by atoms with E-state index in [1.807, 2.05) is 35.7 Å². The molecule has 1 N–H and O–H groups in total. The molecule has 0 amide bonds. The number of para-hydroxylation sites is 1. The molecule has 3 aromatic rings. The van der Waals surface area contributed by atoms with Crippen molar-refractivity contribution in [3.63, 3.8) is 0 Å². The van der Waals surface area contributed by atoms with Gasteiger partial charge in [0.05, 0.1) is 12.5 Å². The Morgan fingerprint density at radius 3 is 2.68 bits per heavy atom. The van der Waals surface area contributed by atoms with Gasteiger partial charge in [-0.05, 0) is 24.3 Å². The van der Waals surface area contributed by atoms with Gasteiger partial charge < -0.3 is 9.84 Å². The molecule has 2 heterocycles. The number of carbonyl (C=O) groups excluding carboxylic acids is 1. The molecule has 6 heteroatoms. The molecule has 4 nitrogen and oxygen atoms in total. The summed E-state index contributed by atoms with van der Waals surface area (Å²) in [5.41, 5.74) is 2.45. The summed E-state index contributed by atoms with van der Waals surface area (Å²) < 4.78 is 7.77. The fourth-order valence-electron chi connectivity index (χ4n) is 2.68. The summed E-state index contributed by atoms with van der Waals surface area (Å²) in [6.45, 7) is 0. The number of fused-ring (bicyclic) bond motifs is 1. The maximum atomic E-state index is 12.9. The van der Waals surface area contributed by atoms with Crippen LogP contribution in [0.4, 0.5) is 0 Å². The normalized spacial score (nSPS) is 14.8. The van der Waals surface area contributed by atoms with E-state index in [-0.39, 0.29) is 11.7 Å². The number of aromatic nitrogens is 1. The van der Waals surface area contributed by atoms with Crippen LogP contribution in [-0.2, 0) is 0 Å². The maximum absolute atomic E-state index is 12.9. The molecule has 0 atom stereocenters. The molecule has 25 heavy (non-hydrogen) atoms. The Morgan fingerprint density at radius 2 is 1.92 bits per heavy atom. The molecule has 0 radical (unpaired) electrons. The fraction of sp³-hybridized carbons (Fsp3) is 0.0526. The van der Waals surface area contributed by atoms with Crippen LogP contribution in [0.1, 0.15) is 10.4 Å². The van der Waals surface area contributed by atoms with Gasteiger partial charge in [0.25, 0.3) is 0 Å². The highest BCUT2D eigenvalue weighted by atomic mass is 32.2. The van der Waals surface area contributed by atoms with Crippen molar-refractivity contribution < 1.29 is 19.2 Å². The molecule has 4 rings (SSSR count). The second kappa shape index (κ2) is 6.38. The van der Waals surface area contributed by atoms with Crippen LogP contribution >= 0.6 is 23.1 Å². The lowest BCUT2D eigenvalue weighted by Gasteiger charge is -2.05. The number of rotatable bonds is 3. The van der Waals surface area contributed by atoms with Gasteiger partial charge in [0, 0.05) is 22.9 Å². The van der Waals surface area contributed by atoms with E-state index in [9.17, 15) is 9.90 Å². The quantitative estimate of drug-likeness (QED) is 0.556. The summed E-state index contributed by atoms with van der Waals surface area (Å²) in [5.74, 6) is 0.342. The number of hydrogen-bond acceptors (Lipinski definition) is 5. The van der Waals surface area contributed by atoms with Gasteiger partial charge in [0.2, 0.25) is 5.69 Å². The van der Waals surface area contributed by atoms with E-state index in [2.05, 4.69) is 0 Å². The average molecular weight is 368 g/mol. The minimum atomic E-state index is -0.0812. The predicted octanol–water partition coefficient (Wildman–Crippen LogP) is 4.20. The minimum absolute atomic E-state index is 0.0365. The smallest absolute Gasteiger partial charge is 0.433 e. The minimum Gasteiger partial charge on any atom is -0.504 e. The Bertz CT molecular complexity index is 993. The molecule has 1 aliphatic heterocycles. The summed E-state index contributed by atoms with van der Waals surface area (Å²) in [5, 5.41) is 12.2. The molecule has 0 bridgehead atoms. The van der Waals surface area contributed by atoms with Crippen molar-refractivity contribution >= 4 is 35.1 Å². The SMILES string of the molecule is COc1cccc(C=C2Sc3scc(-c4ccccc4)[n+]3C2=O)c1O. The number of thioether (sulfide) groups is 1. The molecule has 0 spiro atoms. The monoisotopic (exact) mass is 368 g/mol. The van der Waals surface area contributed by atoms with Gasteiger partial charge in [-0.3, -0.25) is 0 Å². The molecule has 124 valence electrons. The van der Waals surface area contributed by atoms with E-state index in [1.54, 1.807) is 40.2 Å². The number of allylic oxidation sites excluding steroid dienone is 1. The lowest BCUT2D eigenvalue weighted by atomic mass is 10.1. The van der Waals surface area contributed by atoms with Crippen LogP contribution in [0.3, 0.4) is 0 Å². The third kappa shape index (κ3) is 2.73. The molecular formula is C19H14NO3S2+. The number of hydrogen-bond donors (Lipinski definition) is 1. The van der Waals surface area contributed by atoms with E-state index in [4.69, 9.17) is 4.74 Å². The standard InChI is InChI=1S/C19H13NO3S2/c1-23-15-9-5-8-13(17(15)21)10-16-18(22)20-14(11-24-19(20)25-16)12-6-3-2-4-7-12/h2-11H,1H3/p+1. The number of aromatic hydroxyl groups is 1. The summed E-state index contributed by atoms with van der Waals surface area (Å²) in [4.78, 5) is 13.5. The van der Waals surface area contributed by atoms with Crippen LogP contribution in [0.2, 0.25) is 0 Å². The number of benzene rings is 2. The van der Waals surface area contributed by atoms with Gasteiger partial charge in [-0.2, -0.15) is 0 Å². The summed E-state index contributed by atoms with van der Waals surface area (Å²) >= 11 is 2.96. The molecule has 0 saturated carbocycles. The number of thiazole rings is 1. The number of phenols is 1. The molecule has 0 fully saturated rings. The van der Waals surface area contributed by atoms with E-state index in [0.29, 0.717) is 16.2 Å². The maximum Gasteiger partial charge on any atom is 0.433 e. The van der Waals surface area contributed by atoms with Crippen LogP contribution < -0.4 is 9.30 Å². The first-order valence-corrected chi connectivity index (χ1v) is 9.28. The number of methoxy groups -OCH3 is 1. The van der Waals surface area contributed by atoms with Gasteiger partial charge in [-0.25, -0.2) is 4.79 Å². The highest BCUT2D eigenvalue weighted by Crippen LogP contribution is 2.39. The number of phenolic OH excluding ortho intramolecular Hbond substituents is 1. The fourth-order valence-corrected chi connectivity index (χ4v) is 4.85. The Hall–Kier alpha value is -2.57. The molecule has 2 aromatic carbocycles. The average Bonchev–Trinajstić information content (AvgIpc) is 3.18. The van der Waals surface area contributed by atoms with Gasteiger partial charge in [0.1, 0.15) is 4.91 Å². The second-order valence-corrected chi connectivity index (χ2v) is 7.55. The number of ether oxygens (including phenoxy) is 1. The molecule has 0 aliphatic carbocycles. The van der Waals surface area contributed by atoms with E-state index < -0.39 is 0 Å². The second-order valence-electron chi connectivity index (χ2n) is 5.40. The Morgan fingerprint density at radius 1 is 1.12 bits per heavy atom. The van der Waals surface area contributed by atoms with Gasteiger partial charge >= 0.3 is 10.2 Å². The van der Waals surface area contributed by atoms with Crippen molar-refractivity contribution in [2.24, 2.45) is 0 Å². The topological polar surface area (TPSA) is 50.4 Å². The largest absolute Gasteiger partial charge is 0.504 e. The van der Waals surface area contributed by atoms with Crippen molar-refractivity contribution in [1.82, 2.24) is 0 Å².